The molecule has 3 aromatic rings. The van der Waals surface area contributed by atoms with E-state index < -0.39 is 20.8 Å². The van der Waals surface area contributed by atoms with Crippen LogP contribution in [0.2, 0.25) is 5.02 Å². The maximum atomic E-state index is 11.3. The van der Waals surface area contributed by atoms with Crippen LogP contribution >= 0.6 is 11.6 Å². The summed E-state index contributed by atoms with van der Waals surface area (Å²) in [7, 11) is -4.68. The molecule has 0 aliphatic heterocycles. The summed E-state index contributed by atoms with van der Waals surface area (Å²) in [5.41, 5.74) is -0.154. The third-order valence-electron chi connectivity index (χ3n) is 3.44. The van der Waals surface area contributed by atoms with Crippen molar-refractivity contribution in [1.29, 1.82) is 0 Å². The molecule has 0 aromatic heterocycles. The lowest BCUT2D eigenvalue weighted by molar-refractivity contribution is 0.444. The van der Waals surface area contributed by atoms with Gasteiger partial charge in [-0.05, 0) is 23.6 Å². The number of halogens is 1. The monoisotopic (exact) mass is 378 g/mol. The van der Waals surface area contributed by atoms with Crippen LogP contribution in [0.15, 0.2) is 63.7 Å². The van der Waals surface area contributed by atoms with E-state index in [0.29, 0.717) is 5.39 Å². The van der Waals surface area contributed by atoms with Crippen molar-refractivity contribution < 1.29 is 23.2 Å². The summed E-state index contributed by atoms with van der Waals surface area (Å²) in [6, 6.07) is 12.4. The molecule has 3 aromatic carbocycles. The predicted molar refractivity (Wildman–Crippen MR) is 92.7 cm³/mol. The van der Waals surface area contributed by atoms with Gasteiger partial charge < -0.3 is 10.2 Å². The number of hydrogen-bond acceptors (Lipinski definition) is 6. The molecule has 0 radical (unpaired) electrons. The van der Waals surface area contributed by atoms with E-state index in [1.54, 1.807) is 18.2 Å². The van der Waals surface area contributed by atoms with Crippen molar-refractivity contribution in [1.82, 2.24) is 0 Å². The van der Waals surface area contributed by atoms with Gasteiger partial charge >= 0.3 is 0 Å². The minimum atomic E-state index is -4.68. The van der Waals surface area contributed by atoms with Crippen LogP contribution in [0.4, 0.5) is 11.4 Å². The van der Waals surface area contributed by atoms with Crippen molar-refractivity contribution in [3.8, 4) is 11.5 Å². The van der Waals surface area contributed by atoms with Crippen molar-refractivity contribution in [3.05, 3.63) is 53.6 Å². The van der Waals surface area contributed by atoms with Gasteiger partial charge in [0.1, 0.15) is 16.3 Å². The molecule has 7 nitrogen and oxygen atoms in total. The summed E-state index contributed by atoms with van der Waals surface area (Å²) >= 11 is 5.78. The lowest BCUT2D eigenvalue weighted by Gasteiger charge is -2.06. The number of azo groups is 1. The van der Waals surface area contributed by atoms with E-state index in [4.69, 9.17) is 16.2 Å². The predicted octanol–water partition coefficient (Wildman–Crippen LogP) is 4.57. The maximum absolute atomic E-state index is 11.3. The highest BCUT2D eigenvalue weighted by Crippen LogP contribution is 2.39. The SMILES string of the molecule is O=S(=O)(O)c1cc(Cl)cc(N=Nc2ccc3ccccc3c2O)c1O. The molecule has 0 atom stereocenters. The van der Waals surface area contributed by atoms with Crippen LogP contribution in [0.5, 0.6) is 11.5 Å². The van der Waals surface area contributed by atoms with Gasteiger partial charge in [0.2, 0.25) is 0 Å². The number of benzene rings is 3. The summed E-state index contributed by atoms with van der Waals surface area (Å²) in [5, 5.41) is 29.1. The first-order chi connectivity index (χ1) is 11.8. The summed E-state index contributed by atoms with van der Waals surface area (Å²) in [6.07, 6.45) is 0. The topological polar surface area (TPSA) is 120 Å². The fourth-order valence-corrected chi connectivity index (χ4v) is 3.17. The van der Waals surface area contributed by atoms with E-state index in [1.807, 2.05) is 12.1 Å². The molecular formula is C16H11ClN2O5S. The van der Waals surface area contributed by atoms with Crippen LogP contribution in [0.25, 0.3) is 10.8 Å². The largest absolute Gasteiger partial charge is 0.505 e. The van der Waals surface area contributed by atoms with Crippen molar-refractivity contribution in [3.63, 3.8) is 0 Å². The molecule has 0 heterocycles. The third-order valence-corrected chi connectivity index (χ3v) is 4.53. The molecule has 0 unspecified atom stereocenters. The lowest BCUT2D eigenvalue weighted by Crippen LogP contribution is -1.98. The molecule has 0 saturated heterocycles. The van der Waals surface area contributed by atoms with Gasteiger partial charge in [-0.1, -0.05) is 41.9 Å². The van der Waals surface area contributed by atoms with Crippen LogP contribution in [0.3, 0.4) is 0 Å². The first-order valence-corrected chi connectivity index (χ1v) is 8.71. The van der Waals surface area contributed by atoms with Gasteiger partial charge in [0.05, 0.1) is 0 Å². The summed E-state index contributed by atoms with van der Waals surface area (Å²) in [6.45, 7) is 0. The van der Waals surface area contributed by atoms with Crippen LogP contribution < -0.4 is 0 Å². The number of fused-ring (bicyclic) bond motifs is 1. The number of rotatable bonds is 3. The molecule has 0 fully saturated rings. The van der Waals surface area contributed by atoms with Gasteiger partial charge in [-0.15, -0.1) is 10.2 Å². The molecule has 9 heteroatoms. The highest BCUT2D eigenvalue weighted by molar-refractivity contribution is 7.86. The Balaban J connectivity index is 2.09. The Morgan fingerprint density at radius 3 is 2.28 bits per heavy atom. The standard InChI is InChI=1S/C16H11ClN2O5S/c17-10-7-13(16(21)14(8-10)25(22,23)24)19-18-12-6-5-9-3-1-2-4-11(9)15(12)20/h1-8,20-21H,(H,22,23,24). The van der Waals surface area contributed by atoms with Gasteiger partial charge in [-0.3, -0.25) is 4.55 Å². The first kappa shape index (κ1) is 17.2. The quantitative estimate of drug-likeness (QED) is 0.455. The molecule has 3 N–H and O–H groups in total. The van der Waals surface area contributed by atoms with E-state index in [1.165, 1.54) is 12.1 Å². The second-order valence-corrected chi connectivity index (χ2v) is 6.93. The van der Waals surface area contributed by atoms with Gasteiger partial charge in [-0.25, -0.2) is 0 Å². The number of hydrogen-bond donors (Lipinski definition) is 3. The van der Waals surface area contributed by atoms with Crippen LogP contribution in [-0.4, -0.2) is 23.2 Å². The molecule has 0 aliphatic rings. The smallest absolute Gasteiger partial charge is 0.298 e. The first-order valence-electron chi connectivity index (χ1n) is 6.90. The number of aromatic hydroxyl groups is 2. The Bertz CT molecular complexity index is 1110. The molecule has 0 spiro atoms. The highest BCUT2D eigenvalue weighted by atomic mass is 35.5. The molecule has 3 rings (SSSR count). The molecule has 0 bridgehead atoms. The fraction of sp³-hybridized carbons (Fsp3) is 0. The Kier molecular flexibility index (Phi) is 4.34. The summed E-state index contributed by atoms with van der Waals surface area (Å²) in [4.78, 5) is -0.781. The van der Waals surface area contributed by atoms with Crippen molar-refractivity contribution in [2.45, 2.75) is 4.90 Å². The maximum Gasteiger partial charge on any atom is 0.298 e. The Labute approximate surface area is 147 Å². The summed E-state index contributed by atoms with van der Waals surface area (Å²) < 4.78 is 31.6. The third kappa shape index (κ3) is 3.41. The van der Waals surface area contributed by atoms with E-state index in [9.17, 15) is 18.6 Å². The number of phenolic OH excluding ortho intramolecular Hbond substituents is 2. The molecular weight excluding hydrogens is 368 g/mol. The van der Waals surface area contributed by atoms with Crippen molar-refractivity contribution >= 4 is 43.9 Å². The summed E-state index contributed by atoms with van der Waals surface area (Å²) in [5.74, 6) is -0.908. The van der Waals surface area contributed by atoms with Gasteiger partial charge in [0, 0.05) is 10.4 Å². The minimum absolute atomic E-state index is 0.0675. The van der Waals surface area contributed by atoms with E-state index in [-0.39, 0.29) is 22.1 Å². The second-order valence-electron chi connectivity index (χ2n) is 5.10. The van der Waals surface area contributed by atoms with Gasteiger partial charge in [-0.2, -0.15) is 8.42 Å². The van der Waals surface area contributed by atoms with Crippen LogP contribution in [0, 0.1) is 0 Å². The molecule has 0 aliphatic carbocycles. The van der Waals surface area contributed by atoms with Gasteiger partial charge in [0.15, 0.2) is 11.5 Å². The zero-order chi connectivity index (χ0) is 18.2. The number of phenols is 2. The fourth-order valence-electron chi connectivity index (χ4n) is 2.27. The zero-order valence-corrected chi connectivity index (χ0v) is 14.0. The number of nitrogens with zero attached hydrogens (tertiary/aromatic N) is 2. The molecule has 128 valence electrons. The zero-order valence-electron chi connectivity index (χ0n) is 12.5. The van der Waals surface area contributed by atoms with E-state index >= 15 is 0 Å². The van der Waals surface area contributed by atoms with Gasteiger partial charge in [0.25, 0.3) is 10.1 Å². The Hall–Kier alpha value is -2.68. The molecule has 0 saturated carbocycles. The van der Waals surface area contributed by atoms with E-state index in [2.05, 4.69) is 10.2 Å². The average Bonchev–Trinajstić information content (AvgIpc) is 2.56. The van der Waals surface area contributed by atoms with Crippen LogP contribution in [0.1, 0.15) is 0 Å². The second kappa shape index (κ2) is 6.32. The highest BCUT2D eigenvalue weighted by Gasteiger charge is 2.20. The Morgan fingerprint density at radius 2 is 1.56 bits per heavy atom. The van der Waals surface area contributed by atoms with Crippen molar-refractivity contribution in [2.24, 2.45) is 10.2 Å². The Morgan fingerprint density at radius 1 is 0.880 bits per heavy atom. The lowest BCUT2D eigenvalue weighted by atomic mass is 10.1. The van der Waals surface area contributed by atoms with E-state index in [0.717, 1.165) is 11.5 Å². The minimum Gasteiger partial charge on any atom is -0.505 e. The van der Waals surface area contributed by atoms with Crippen molar-refractivity contribution in [2.75, 3.05) is 0 Å². The van der Waals surface area contributed by atoms with Crippen LogP contribution in [-0.2, 0) is 10.1 Å². The average molecular weight is 379 g/mol. The molecule has 0 amide bonds. The normalized spacial score (nSPS) is 12.1. The molecule has 25 heavy (non-hydrogen) atoms.